The van der Waals surface area contributed by atoms with Crippen LogP contribution in [-0.2, 0) is 16.2 Å². The highest BCUT2D eigenvalue weighted by atomic mass is 32.2. The van der Waals surface area contributed by atoms with E-state index in [-0.39, 0.29) is 5.69 Å². The van der Waals surface area contributed by atoms with Crippen LogP contribution in [0.5, 0.6) is 0 Å². The second-order valence-corrected chi connectivity index (χ2v) is 5.65. The third-order valence-electron chi connectivity index (χ3n) is 2.32. The predicted molar refractivity (Wildman–Crippen MR) is 60.7 cm³/mol. The molecule has 0 unspecified atom stereocenters. The fraction of sp³-hybridized carbons (Fsp3) is 0.200. The Bertz CT molecular complexity index is 690. The van der Waals surface area contributed by atoms with Crippen molar-refractivity contribution in [2.24, 2.45) is 0 Å². The first-order chi connectivity index (χ1) is 8.68. The van der Waals surface area contributed by atoms with Crippen LogP contribution in [0.2, 0.25) is 0 Å². The Morgan fingerprint density at radius 1 is 1.16 bits per heavy atom. The monoisotopic (exact) mass is 291 g/mol. The van der Waals surface area contributed by atoms with E-state index in [0.29, 0.717) is 9.65 Å². The number of hydrogen-bond acceptors (Lipinski definition) is 4. The largest absolute Gasteiger partial charge is 0.416 e. The van der Waals surface area contributed by atoms with Crippen LogP contribution in [0, 0.1) is 0 Å². The Labute approximate surface area is 106 Å². The number of hydrogen-bond donors (Lipinski definition) is 0. The van der Waals surface area contributed by atoms with Gasteiger partial charge in [0.2, 0.25) is 0 Å². The summed E-state index contributed by atoms with van der Waals surface area (Å²) in [5.74, 6) is 0. The van der Waals surface area contributed by atoms with Crippen LogP contribution in [0.15, 0.2) is 30.5 Å². The molecule has 0 aliphatic rings. The molecule has 0 N–H and O–H groups in total. The number of nitrogens with zero attached hydrogens (tertiary/aromatic N) is 3. The highest BCUT2D eigenvalue weighted by Crippen LogP contribution is 2.30. The van der Waals surface area contributed by atoms with Gasteiger partial charge in [-0.15, -0.1) is 9.19 Å². The van der Waals surface area contributed by atoms with E-state index in [1.807, 2.05) is 0 Å². The first-order valence-electron chi connectivity index (χ1n) is 4.98. The minimum Gasteiger partial charge on any atom is -0.205 e. The standard InChI is InChI=1S/C10H8F3N3O2S/c1-19(17,18)16-6-9(14-15-16)7-2-4-8(5-3-7)10(11,12)13/h2-6H,1H3. The van der Waals surface area contributed by atoms with Gasteiger partial charge in [0.25, 0.3) is 10.0 Å². The fourth-order valence-corrected chi connectivity index (χ4v) is 1.83. The number of halogens is 3. The summed E-state index contributed by atoms with van der Waals surface area (Å²) in [6, 6.07) is 4.21. The number of alkyl halides is 3. The van der Waals surface area contributed by atoms with Gasteiger partial charge in [-0.1, -0.05) is 17.3 Å². The third-order valence-corrected chi connectivity index (χ3v) is 3.18. The lowest BCUT2D eigenvalue weighted by molar-refractivity contribution is -0.137. The first kappa shape index (κ1) is 13.5. The summed E-state index contributed by atoms with van der Waals surface area (Å²) in [5.41, 5.74) is -0.256. The Balaban J connectivity index is 2.36. The topological polar surface area (TPSA) is 64.8 Å². The molecule has 0 atom stereocenters. The second-order valence-electron chi connectivity index (χ2n) is 3.81. The molecule has 9 heteroatoms. The molecule has 0 bridgehead atoms. The molecule has 1 aromatic carbocycles. The van der Waals surface area contributed by atoms with Crippen molar-refractivity contribution in [1.29, 1.82) is 0 Å². The average Bonchev–Trinajstić information content (AvgIpc) is 2.77. The molecule has 2 aromatic rings. The summed E-state index contributed by atoms with van der Waals surface area (Å²) >= 11 is 0. The molecule has 0 saturated heterocycles. The molecule has 5 nitrogen and oxygen atoms in total. The maximum absolute atomic E-state index is 12.4. The van der Waals surface area contributed by atoms with E-state index >= 15 is 0 Å². The van der Waals surface area contributed by atoms with Crippen LogP contribution < -0.4 is 0 Å². The molecule has 102 valence electrons. The molecule has 0 saturated carbocycles. The zero-order valence-corrected chi connectivity index (χ0v) is 10.4. The lowest BCUT2D eigenvalue weighted by Crippen LogP contribution is -2.10. The third kappa shape index (κ3) is 2.92. The number of rotatable bonds is 2. The van der Waals surface area contributed by atoms with Crippen LogP contribution >= 0.6 is 0 Å². The van der Waals surface area contributed by atoms with Gasteiger partial charge in [0.1, 0.15) is 5.69 Å². The van der Waals surface area contributed by atoms with Crippen molar-refractivity contribution in [2.75, 3.05) is 6.26 Å². The Kier molecular flexibility index (Phi) is 3.09. The zero-order chi connectivity index (χ0) is 14.3. The van der Waals surface area contributed by atoms with Gasteiger partial charge >= 0.3 is 6.18 Å². The van der Waals surface area contributed by atoms with E-state index in [1.165, 1.54) is 12.1 Å². The second kappa shape index (κ2) is 4.34. The maximum Gasteiger partial charge on any atom is 0.416 e. The van der Waals surface area contributed by atoms with Crippen molar-refractivity contribution in [2.45, 2.75) is 6.18 Å². The molecule has 19 heavy (non-hydrogen) atoms. The molecular formula is C10H8F3N3O2S. The molecule has 0 radical (unpaired) electrons. The van der Waals surface area contributed by atoms with Gasteiger partial charge < -0.3 is 0 Å². The van der Waals surface area contributed by atoms with Crippen LogP contribution in [-0.4, -0.2) is 29.1 Å². The van der Waals surface area contributed by atoms with Gasteiger partial charge in [0.15, 0.2) is 0 Å². The van der Waals surface area contributed by atoms with Gasteiger partial charge in [0, 0.05) is 5.56 Å². The van der Waals surface area contributed by atoms with E-state index in [9.17, 15) is 21.6 Å². The van der Waals surface area contributed by atoms with Crippen LogP contribution in [0.1, 0.15) is 5.56 Å². The van der Waals surface area contributed by atoms with Crippen LogP contribution in [0.25, 0.3) is 11.3 Å². The summed E-state index contributed by atoms with van der Waals surface area (Å²) in [5, 5.41) is 6.99. The molecule has 1 heterocycles. The smallest absolute Gasteiger partial charge is 0.205 e. The van der Waals surface area contributed by atoms with Gasteiger partial charge in [0.05, 0.1) is 18.0 Å². The average molecular weight is 291 g/mol. The summed E-state index contributed by atoms with van der Waals surface area (Å²) < 4.78 is 60.1. The van der Waals surface area contributed by atoms with Gasteiger partial charge in [-0.2, -0.15) is 13.2 Å². The van der Waals surface area contributed by atoms with Crippen LogP contribution in [0.3, 0.4) is 0 Å². The summed E-state index contributed by atoms with van der Waals surface area (Å²) in [4.78, 5) is 0. The summed E-state index contributed by atoms with van der Waals surface area (Å²) in [6.45, 7) is 0. The van der Waals surface area contributed by atoms with E-state index < -0.39 is 21.8 Å². The number of aromatic nitrogens is 3. The number of benzene rings is 1. The highest BCUT2D eigenvalue weighted by molar-refractivity contribution is 7.89. The molecular weight excluding hydrogens is 283 g/mol. The van der Waals surface area contributed by atoms with Crippen molar-refractivity contribution in [3.63, 3.8) is 0 Å². The van der Waals surface area contributed by atoms with E-state index in [0.717, 1.165) is 24.6 Å². The predicted octanol–water partition coefficient (Wildman–Crippen LogP) is 1.77. The summed E-state index contributed by atoms with van der Waals surface area (Å²) in [7, 11) is -3.56. The Hall–Kier alpha value is -1.90. The molecule has 2 rings (SSSR count). The van der Waals surface area contributed by atoms with Crippen molar-refractivity contribution in [3.05, 3.63) is 36.0 Å². The summed E-state index contributed by atoms with van der Waals surface area (Å²) in [6.07, 6.45) is -2.33. The Morgan fingerprint density at radius 3 is 2.16 bits per heavy atom. The quantitative estimate of drug-likeness (QED) is 0.846. The first-order valence-corrected chi connectivity index (χ1v) is 6.83. The van der Waals surface area contributed by atoms with Crippen molar-refractivity contribution >= 4 is 10.0 Å². The minimum atomic E-state index is -4.41. The van der Waals surface area contributed by atoms with Crippen molar-refractivity contribution < 1.29 is 21.6 Å². The normalized spacial score (nSPS) is 12.6. The SMILES string of the molecule is CS(=O)(=O)n1cc(-c2ccc(C(F)(F)F)cc2)nn1. The molecule has 1 aromatic heterocycles. The molecule has 0 amide bonds. The van der Waals surface area contributed by atoms with Crippen molar-refractivity contribution in [1.82, 2.24) is 14.4 Å². The lowest BCUT2D eigenvalue weighted by Gasteiger charge is -2.06. The van der Waals surface area contributed by atoms with Gasteiger partial charge in [-0.3, -0.25) is 0 Å². The maximum atomic E-state index is 12.4. The van der Waals surface area contributed by atoms with Gasteiger partial charge in [-0.05, 0) is 12.1 Å². The minimum absolute atomic E-state index is 0.180. The lowest BCUT2D eigenvalue weighted by atomic mass is 10.1. The molecule has 0 spiro atoms. The Morgan fingerprint density at radius 2 is 1.74 bits per heavy atom. The molecule has 0 aliphatic heterocycles. The molecule has 0 aliphatic carbocycles. The zero-order valence-electron chi connectivity index (χ0n) is 9.59. The fourth-order valence-electron chi connectivity index (χ4n) is 1.37. The van der Waals surface area contributed by atoms with E-state index in [1.54, 1.807) is 0 Å². The van der Waals surface area contributed by atoms with Crippen LogP contribution in [0.4, 0.5) is 13.2 Å². The highest BCUT2D eigenvalue weighted by Gasteiger charge is 2.30. The van der Waals surface area contributed by atoms with Gasteiger partial charge in [-0.25, -0.2) is 8.42 Å². The van der Waals surface area contributed by atoms with Crippen molar-refractivity contribution in [3.8, 4) is 11.3 Å². The van der Waals surface area contributed by atoms with E-state index in [2.05, 4.69) is 10.3 Å². The van der Waals surface area contributed by atoms with E-state index in [4.69, 9.17) is 0 Å². The molecule has 0 fully saturated rings.